The van der Waals surface area contributed by atoms with E-state index in [-0.39, 0.29) is 23.8 Å². The van der Waals surface area contributed by atoms with Crippen molar-refractivity contribution >= 4 is 18.0 Å². The molecule has 1 N–H and O–H groups in total. The average Bonchev–Trinajstić information content (AvgIpc) is 2.37. The zero-order chi connectivity index (χ0) is 16.9. The fourth-order valence-electron chi connectivity index (χ4n) is 2.34. The number of hydrogen-bond acceptors (Lipinski definition) is 5. The highest BCUT2D eigenvalue weighted by Crippen LogP contribution is 2.19. The fourth-order valence-corrected chi connectivity index (χ4v) is 2.34. The van der Waals surface area contributed by atoms with Crippen LogP contribution in [0.5, 0.6) is 0 Å². The van der Waals surface area contributed by atoms with Gasteiger partial charge in [0.1, 0.15) is 5.60 Å². The van der Waals surface area contributed by atoms with Gasteiger partial charge in [-0.1, -0.05) is 0 Å². The Balaban J connectivity index is 2.51. The van der Waals surface area contributed by atoms with Crippen LogP contribution < -0.4 is 5.32 Å². The minimum Gasteiger partial charge on any atom is -0.469 e. The van der Waals surface area contributed by atoms with E-state index in [0.717, 1.165) is 0 Å². The quantitative estimate of drug-likeness (QED) is 0.791. The van der Waals surface area contributed by atoms with Gasteiger partial charge in [0.15, 0.2) is 0 Å². The van der Waals surface area contributed by atoms with Crippen LogP contribution in [0.15, 0.2) is 0 Å². The standard InChI is InChI=1S/C15H26N2O5/c1-10(16-14(20)22-15(2,3)4)8-17-9-11(13(19)21-5)6-7-12(17)18/h10-11H,6-9H2,1-5H3,(H,16,20)/t10-,11?/m0/s1. The predicted molar refractivity (Wildman–Crippen MR) is 80.2 cm³/mol. The maximum atomic E-state index is 11.9. The number of ether oxygens (including phenoxy) is 2. The number of nitrogens with one attached hydrogen (secondary N) is 1. The second kappa shape index (κ2) is 7.47. The van der Waals surface area contributed by atoms with E-state index < -0.39 is 11.7 Å². The second-order valence-electron chi connectivity index (χ2n) is 6.60. The number of carbonyl (C=O) groups is 3. The highest BCUT2D eigenvalue weighted by Gasteiger charge is 2.31. The van der Waals surface area contributed by atoms with Crippen molar-refractivity contribution in [1.29, 1.82) is 0 Å². The lowest BCUT2D eigenvalue weighted by Crippen LogP contribution is -2.49. The first-order chi connectivity index (χ1) is 10.1. The summed E-state index contributed by atoms with van der Waals surface area (Å²) in [5.74, 6) is -0.611. The summed E-state index contributed by atoms with van der Waals surface area (Å²) in [6.45, 7) is 7.81. The molecule has 1 aliphatic rings. The molecule has 7 nitrogen and oxygen atoms in total. The molecule has 0 aromatic carbocycles. The van der Waals surface area contributed by atoms with Crippen molar-refractivity contribution in [3.05, 3.63) is 0 Å². The van der Waals surface area contributed by atoms with Gasteiger partial charge in [-0.3, -0.25) is 9.59 Å². The Kier molecular flexibility index (Phi) is 6.20. The molecule has 22 heavy (non-hydrogen) atoms. The van der Waals surface area contributed by atoms with Crippen LogP contribution in [0.4, 0.5) is 4.79 Å². The first kappa shape index (κ1) is 18.3. The zero-order valence-electron chi connectivity index (χ0n) is 14.0. The maximum Gasteiger partial charge on any atom is 0.407 e. The van der Waals surface area contributed by atoms with E-state index in [1.165, 1.54) is 7.11 Å². The minimum absolute atomic E-state index is 0.0157. The molecular weight excluding hydrogens is 288 g/mol. The Hall–Kier alpha value is -1.79. The van der Waals surface area contributed by atoms with Crippen molar-refractivity contribution in [2.45, 2.75) is 52.2 Å². The lowest BCUT2D eigenvalue weighted by Gasteiger charge is -2.33. The molecule has 2 amide bonds. The van der Waals surface area contributed by atoms with Gasteiger partial charge in [0.05, 0.1) is 13.0 Å². The first-order valence-electron chi connectivity index (χ1n) is 7.47. The number of carbonyl (C=O) groups excluding carboxylic acids is 3. The molecule has 1 rings (SSSR count). The second-order valence-corrected chi connectivity index (χ2v) is 6.60. The van der Waals surface area contributed by atoms with Crippen LogP contribution in [0.1, 0.15) is 40.5 Å². The van der Waals surface area contributed by atoms with Crippen LogP contribution >= 0.6 is 0 Å². The summed E-state index contributed by atoms with van der Waals surface area (Å²) in [4.78, 5) is 36.8. The van der Waals surface area contributed by atoms with Crippen molar-refractivity contribution in [2.24, 2.45) is 5.92 Å². The van der Waals surface area contributed by atoms with E-state index in [1.807, 2.05) is 0 Å². The molecule has 0 radical (unpaired) electrons. The van der Waals surface area contributed by atoms with Crippen molar-refractivity contribution in [2.75, 3.05) is 20.2 Å². The molecule has 0 spiro atoms. The molecule has 2 atom stereocenters. The SMILES string of the molecule is COC(=O)C1CCC(=O)N(C[C@H](C)NC(=O)OC(C)(C)C)C1. The number of likely N-dealkylation sites (tertiary alicyclic amines) is 1. The molecule has 0 saturated carbocycles. The lowest BCUT2D eigenvalue weighted by molar-refractivity contribution is -0.150. The molecule has 0 aromatic heterocycles. The molecule has 0 aliphatic carbocycles. The van der Waals surface area contributed by atoms with E-state index in [4.69, 9.17) is 9.47 Å². The van der Waals surface area contributed by atoms with Crippen molar-refractivity contribution in [3.8, 4) is 0 Å². The molecule has 7 heteroatoms. The van der Waals surface area contributed by atoms with E-state index in [0.29, 0.717) is 25.9 Å². The Morgan fingerprint density at radius 1 is 1.41 bits per heavy atom. The topological polar surface area (TPSA) is 84.9 Å². The first-order valence-corrected chi connectivity index (χ1v) is 7.47. The van der Waals surface area contributed by atoms with Crippen LogP contribution in [0.25, 0.3) is 0 Å². The van der Waals surface area contributed by atoms with Gasteiger partial charge in [-0.15, -0.1) is 0 Å². The summed E-state index contributed by atoms with van der Waals surface area (Å²) in [7, 11) is 1.34. The molecule has 0 aromatic rings. The Labute approximate surface area is 131 Å². The van der Waals surface area contributed by atoms with Gasteiger partial charge in [0, 0.05) is 25.6 Å². The molecular formula is C15H26N2O5. The average molecular weight is 314 g/mol. The lowest BCUT2D eigenvalue weighted by atomic mass is 9.97. The number of methoxy groups -OCH3 is 1. The van der Waals surface area contributed by atoms with Gasteiger partial charge >= 0.3 is 12.1 Å². The van der Waals surface area contributed by atoms with Crippen LogP contribution in [-0.2, 0) is 19.1 Å². The summed E-state index contributed by atoms with van der Waals surface area (Å²) in [5, 5.41) is 2.69. The zero-order valence-corrected chi connectivity index (χ0v) is 14.0. The molecule has 1 saturated heterocycles. The van der Waals surface area contributed by atoms with Crippen LogP contribution in [0.3, 0.4) is 0 Å². The molecule has 126 valence electrons. The van der Waals surface area contributed by atoms with Crippen molar-refractivity contribution in [3.63, 3.8) is 0 Å². The number of alkyl carbamates (subject to hydrolysis) is 1. The van der Waals surface area contributed by atoms with E-state index in [1.54, 1.807) is 32.6 Å². The summed E-state index contributed by atoms with van der Waals surface area (Å²) >= 11 is 0. The number of nitrogens with zero attached hydrogens (tertiary/aromatic N) is 1. The normalized spacial score (nSPS) is 20.3. The fraction of sp³-hybridized carbons (Fsp3) is 0.800. The highest BCUT2D eigenvalue weighted by molar-refractivity contribution is 5.81. The third kappa shape index (κ3) is 5.91. The number of rotatable bonds is 4. The summed E-state index contributed by atoms with van der Waals surface area (Å²) in [5.41, 5.74) is -0.569. The molecule has 1 fully saturated rings. The van der Waals surface area contributed by atoms with Crippen LogP contribution in [0, 0.1) is 5.92 Å². The van der Waals surface area contributed by atoms with Gasteiger partial charge in [-0.2, -0.15) is 0 Å². The number of esters is 1. The number of amides is 2. The molecule has 1 unspecified atom stereocenters. The number of piperidine rings is 1. The molecule has 1 aliphatic heterocycles. The van der Waals surface area contributed by atoms with E-state index >= 15 is 0 Å². The number of hydrogen-bond donors (Lipinski definition) is 1. The van der Waals surface area contributed by atoms with Gasteiger partial charge < -0.3 is 19.7 Å². The Morgan fingerprint density at radius 3 is 2.59 bits per heavy atom. The molecule has 0 bridgehead atoms. The summed E-state index contributed by atoms with van der Waals surface area (Å²) in [6, 6.07) is -0.268. The van der Waals surface area contributed by atoms with E-state index in [2.05, 4.69) is 5.32 Å². The highest BCUT2D eigenvalue weighted by atomic mass is 16.6. The predicted octanol–water partition coefficient (Wildman–Crippen LogP) is 1.31. The van der Waals surface area contributed by atoms with E-state index in [9.17, 15) is 14.4 Å². The van der Waals surface area contributed by atoms with Gasteiger partial charge in [-0.05, 0) is 34.1 Å². The van der Waals surface area contributed by atoms with Gasteiger partial charge in [-0.25, -0.2) is 4.79 Å². The monoisotopic (exact) mass is 314 g/mol. The minimum atomic E-state index is -0.569. The smallest absolute Gasteiger partial charge is 0.407 e. The Bertz CT molecular complexity index is 430. The summed E-state index contributed by atoms with van der Waals surface area (Å²) in [6.07, 6.45) is 0.309. The summed E-state index contributed by atoms with van der Waals surface area (Å²) < 4.78 is 9.90. The Morgan fingerprint density at radius 2 is 2.05 bits per heavy atom. The largest absolute Gasteiger partial charge is 0.469 e. The van der Waals surface area contributed by atoms with Gasteiger partial charge in [0.25, 0.3) is 0 Å². The van der Waals surface area contributed by atoms with Crippen LogP contribution in [-0.4, -0.2) is 54.7 Å². The van der Waals surface area contributed by atoms with Crippen molar-refractivity contribution < 1.29 is 23.9 Å². The van der Waals surface area contributed by atoms with Crippen LogP contribution in [0.2, 0.25) is 0 Å². The third-order valence-corrected chi connectivity index (χ3v) is 3.29. The van der Waals surface area contributed by atoms with Crippen molar-refractivity contribution in [1.82, 2.24) is 10.2 Å². The third-order valence-electron chi connectivity index (χ3n) is 3.29. The van der Waals surface area contributed by atoms with Gasteiger partial charge in [0.2, 0.25) is 5.91 Å². The molecule has 1 heterocycles. The maximum absolute atomic E-state index is 11.9.